The summed E-state index contributed by atoms with van der Waals surface area (Å²) in [6, 6.07) is 3.83. The minimum atomic E-state index is -1.39. The molecular formula is C17H18FNO5. The minimum Gasteiger partial charge on any atom is -0.494 e. The summed E-state index contributed by atoms with van der Waals surface area (Å²) in [7, 11) is 1.31. The fourth-order valence-corrected chi connectivity index (χ4v) is 2.32. The first-order chi connectivity index (χ1) is 11.5. The standard InChI is InChI=1S/C17H18FNO5/c1-3-4-13-11(7-8-24-13)16(20)19-15(17(21)22)10-5-6-14(23-2)12(18)9-10/h5-9,15H,3-4H2,1-2H3,(H,19,20)(H,21,22). The predicted octanol–water partition coefficient (Wildman–Crippen LogP) is 2.94. The lowest BCUT2D eigenvalue weighted by atomic mass is 10.1. The van der Waals surface area contributed by atoms with Crippen molar-refractivity contribution < 1.29 is 28.2 Å². The van der Waals surface area contributed by atoms with Crippen LogP contribution in [0, 0.1) is 5.82 Å². The Labute approximate surface area is 138 Å². The van der Waals surface area contributed by atoms with Crippen LogP contribution in [0.5, 0.6) is 5.75 Å². The normalized spacial score (nSPS) is 11.8. The molecule has 0 bridgehead atoms. The van der Waals surface area contributed by atoms with Gasteiger partial charge in [-0.15, -0.1) is 0 Å². The number of nitrogens with one attached hydrogen (secondary N) is 1. The van der Waals surface area contributed by atoms with Gasteiger partial charge in [0.2, 0.25) is 0 Å². The van der Waals surface area contributed by atoms with Gasteiger partial charge in [-0.1, -0.05) is 13.0 Å². The molecule has 7 heteroatoms. The highest BCUT2D eigenvalue weighted by Gasteiger charge is 2.25. The zero-order chi connectivity index (χ0) is 17.7. The van der Waals surface area contributed by atoms with Crippen molar-refractivity contribution in [2.75, 3.05) is 7.11 Å². The summed E-state index contributed by atoms with van der Waals surface area (Å²) in [6.07, 6.45) is 2.72. The van der Waals surface area contributed by atoms with Gasteiger partial charge in [0.25, 0.3) is 5.91 Å². The third-order valence-corrected chi connectivity index (χ3v) is 3.50. The first-order valence-electron chi connectivity index (χ1n) is 7.41. The van der Waals surface area contributed by atoms with Crippen LogP contribution in [0.2, 0.25) is 0 Å². The molecule has 0 saturated carbocycles. The lowest BCUT2D eigenvalue weighted by Gasteiger charge is -2.15. The number of carboxylic acids is 1. The van der Waals surface area contributed by atoms with Gasteiger partial charge in [0.1, 0.15) is 5.76 Å². The van der Waals surface area contributed by atoms with E-state index in [2.05, 4.69) is 5.32 Å². The van der Waals surface area contributed by atoms with Gasteiger partial charge in [0, 0.05) is 6.42 Å². The molecule has 24 heavy (non-hydrogen) atoms. The summed E-state index contributed by atoms with van der Waals surface area (Å²) in [4.78, 5) is 23.8. The molecule has 2 rings (SSSR count). The molecule has 2 aromatic rings. The summed E-state index contributed by atoms with van der Waals surface area (Å²) >= 11 is 0. The summed E-state index contributed by atoms with van der Waals surface area (Å²) in [6.45, 7) is 1.93. The van der Waals surface area contributed by atoms with Crippen molar-refractivity contribution in [3.8, 4) is 5.75 Å². The number of hydrogen-bond acceptors (Lipinski definition) is 4. The molecular weight excluding hydrogens is 317 g/mol. The molecule has 0 aliphatic carbocycles. The van der Waals surface area contributed by atoms with Crippen LogP contribution in [0.3, 0.4) is 0 Å². The highest BCUT2D eigenvalue weighted by Crippen LogP contribution is 2.23. The first-order valence-corrected chi connectivity index (χ1v) is 7.41. The van der Waals surface area contributed by atoms with Crippen molar-refractivity contribution in [2.24, 2.45) is 0 Å². The summed E-state index contributed by atoms with van der Waals surface area (Å²) in [5.41, 5.74) is 0.381. The van der Waals surface area contributed by atoms with Crippen molar-refractivity contribution in [1.82, 2.24) is 5.32 Å². The van der Waals surface area contributed by atoms with Gasteiger partial charge in [-0.3, -0.25) is 4.79 Å². The summed E-state index contributed by atoms with van der Waals surface area (Å²) < 4.78 is 23.8. The number of furan rings is 1. The van der Waals surface area contributed by atoms with E-state index in [-0.39, 0.29) is 16.9 Å². The van der Waals surface area contributed by atoms with E-state index in [1.54, 1.807) is 0 Å². The molecule has 128 valence electrons. The number of rotatable bonds is 7. The van der Waals surface area contributed by atoms with E-state index < -0.39 is 23.7 Å². The fraction of sp³-hybridized carbons (Fsp3) is 0.294. The molecule has 1 amide bonds. The van der Waals surface area contributed by atoms with Gasteiger partial charge in [0.15, 0.2) is 17.6 Å². The number of carbonyl (C=O) groups is 2. The van der Waals surface area contributed by atoms with Gasteiger partial charge in [-0.05, 0) is 30.2 Å². The van der Waals surface area contributed by atoms with Gasteiger partial charge >= 0.3 is 5.97 Å². The van der Waals surface area contributed by atoms with E-state index in [1.165, 1.54) is 31.6 Å². The minimum absolute atomic E-state index is 0.00529. The van der Waals surface area contributed by atoms with Crippen LogP contribution in [0.4, 0.5) is 4.39 Å². The molecule has 0 fully saturated rings. The molecule has 6 nitrogen and oxygen atoms in total. The fourth-order valence-electron chi connectivity index (χ4n) is 2.32. The Morgan fingerprint density at radius 3 is 2.71 bits per heavy atom. The van der Waals surface area contributed by atoms with Crippen LogP contribution < -0.4 is 10.1 Å². The van der Waals surface area contributed by atoms with Crippen LogP contribution >= 0.6 is 0 Å². The molecule has 0 radical (unpaired) electrons. The molecule has 0 aliphatic rings. The maximum Gasteiger partial charge on any atom is 0.330 e. The molecule has 2 N–H and O–H groups in total. The van der Waals surface area contributed by atoms with Gasteiger partial charge in [-0.25, -0.2) is 9.18 Å². The van der Waals surface area contributed by atoms with Crippen LogP contribution in [0.25, 0.3) is 0 Å². The Morgan fingerprint density at radius 1 is 1.38 bits per heavy atom. The number of carbonyl (C=O) groups excluding carboxylic acids is 1. The molecule has 0 aliphatic heterocycles. The average molecular weight is 335 g/mol. The van der Waals surface area contributed by atoms with Crippen LogP contribution in [-0.2, 0) is 11.2 Å². The predicted molar refractivity (Wildman–Crippen MR) is 83.5 cm³/mol. The van der Waals surface area contributed by atoms with Crippen LogP contribution in [0.15, 0.2) is 34.9 Å². The first kappa shape index (κ1) is 17.5. The zero-order valence-electron chi connectivity index (χ0n) is 13.3. The lowest BCUT2D eigenvalue weighted by molar-refractivity contribution is -0.139. The number of aryl methyl sites for hydroxylation is 1. The van der Waals surface area contributed by atoms with E-state index in [9.17, 15) is 19.1 Å². The molecule has 1 aromatic heterocycles. The Bertz CT molecular complexity index is 740. The van der Waals surface area contributed by atoms with E-state index >= 15 is 0 Å². The van der Waals surface area contributed by atoms with Crippen molar-refractivity contribution in [1.29, 1.82) is 0 Å². The van der Waals surface area contributed by atoms with Crippen LogP contribution in [-0.4, -0.2) is 24.1 Å². The maximum atomic E-state index is 13.8. The third kappa shape index (κ3) is 3.73. The zero-order valence-corrected chi connectivity index (χ0v) is 13.3. The second-order valence-corrected chi connectivity index (χ2v) is 5.15. The topological polar surface area (TPSA) is 88.8 Å². The Balaban J connectivity index is 2.25. The smallest absolute Gasteiger partial charge is 0.330 e. The van der Waals surface area contributed by atoms with Gasteiger partial charge in [0.05, 0.1) is 18.9 Å². The Hall–Kier alpha value is -2.83. The van der Waals surface area contributed by atoms with Crippen molar-refractivity contribution in [3.63, 3.8) is 0 Å². The van der Waals surface area contributed by atoms with Crippen molar-refractivity contribution in [2.45, 2.75) is 25.8 Å². The van der Waals surface area contributed by atoms with E-state index in [1.807, 2.05) is 6.92 Å². The SMILES string of the molecule is CCCc1occc1C(=O)NC(C(=O)O)c1ccc(OC)c(F)c1. The van der Waals surface area contributed by atoms with E-state index in [0.717, 1.165) is 12.5 Å². The maximum absolute atomic E-state index is 13.8. The number of ether oxygens (including phenoxy) is 1. The average Bonchev–Trinajstić information content (AvgIpc) is 3.00. The number of hydrogen-bond donors (Lipinski definition) is 2. The van der Waals surface area contributed by atoms with Crippen molar-refractivity contribution in [3.05, 3.63) is 53.2 Å². The summed E-state index contributed by atoms with van der Waals surface area (Å²) in [5, 5.41) is 11.8. The third-order valence-electron chi connectivity index (χ3n) is 3.50. The highest BCUT2D eigenvalue weighted by atomic mass is 19.1. The second kappa shape index (κ2) is 7.63. The largest absolute Gasteiger partial charge is 0.494 e. The molecule has 1 unspecified atom stereocenters. The molecule has 0 spiro atoms. The van der Waals surface area contributed by atoms with E-state index in [4.69, 9.17) is 9.15 Å². The number of methoxy groups -OCH3 is 1. The summed E-state index contributed by atoms with van der Waals surface area (Å²) in [5.74, 6) is -2.11. The highest BCUT2D eigenvalue weighted by molar-refractivity contribution is 5.97. The Morgan fingerprint density at radius 2 is 2.12 bits per heavy atom. The van der Waals surface area contributed by atoms with Gasteiger partial charge < -0.3 is 19.6 Å². The number of benzene rings is 1. The van der Waals surface area contributed by atoms with Gasteiger partial charge in [-0.2, -0.15) is 0 Å². The Kier molecular flexibility index (Phi) is 5.57. The number of carboxylic acid groups (broad SMARTS) is 1. The monoisotopic (exact) mass is 335 g/mol. The number of amides is 1. The van der Waals surface area contributed by atoms with E-state index in [0.29, 0.717) is 12.2 Å². The number of aliphatic carboxylic acids is 1. The van der Waals surface area contributed by atoms with Crippen molar-refractivity contribution >= 4 is 11.9 Å². The molecule has 1 heterocycles. The molecule has 0 saturated heterocycles. The quantitative estimate of drug-likeness (QED) is 0.812. The number of halogens is 1. The molecule has 1 atom stereocenters. The lowest BCUT2D eigenvalue weighted by Crippen LogP contribution is -2.34. The second-order valence-electron chi connectivity index (χ2n) is 5.15. The van der Waals surface area contributed by atoms with Crippen LogP contribution in [0.1, 0.15) is 41.1 Å². The molecule has 1 aromatic carbocycles.